The van der Waals surface area contributed by atoms with Gasteiger partial charge in [-0.25, -0.2) is 4.68 Å². The van der Waals surface area contributed by atoms with Crippen LogP contribution >= 0.6 is 0 Å². The van der Waals surface area contributed by atoms with E-state index < -0.39 is 27.1 Å². The molecule has 13 heteroatoms. The molecule has 3 rings (SSSR count). The maximum atomic E-state index is 12.2. The van der Waals surface area contributed by atoms with Crippen LogP contribution in [0.25, 0.3) is 5.82 Å². The molecular formula is C17H16N8O5. The Bertz CT molecular complexity index is 1060. The summed E-state index contributed by atoms with van der Waals surface area (Å²) in [6.07, 6.45) is 1.76. The number of anilines is 1. The molecular weight excluding hydrogens is 396 g/mol. The molecule has 13 nitrogen and oxygen atoms in total. The molecule has 0 fully saturated rings. The molecule has 0 aliphatic carbocycles. The minimum Gasteiger partial charge on any atom is -0.367 e. The summed E-state index contributed by atoms with van der Waals surface area (Å²) in [5.74, 6) is 0.358. The molecule has 0 aliphatic rings. The number of nitro benzene ring substituents is 2. The van der Waals surface area contributed by atoms with Crippen LogP contribution < -0.4 is 10.6 Å². The number of hydrogen-bond acceptors (Lipinski definition) is 9. The average Bonchev–Trinajstić information content (AvgIpc) is 3.17. The standard InChI is InChI=1S/C17H16N8O5/c1-11-4-7-23(22-11)16-3-2-15(20-21-16)18-5-6-19-17(26)12-8-13(24(27)28)10-14(9-12)25(29)30/h2-4,7-10H,5-6H2,1H3,(H,18,20)(H,19,26). The first-order valence-electron chi connectivity index (χ1n) is 8.66. The zero-order valence-electron chi connectivity index (χ0n) is 15.7. The Morgan fingerprint density at radius 1 is 1.03 bits per heavy atom. The van der Waals surface area contributed by atoms with Crippen molar-refractivity contribution in [1.29, 1.82) is 0 Å². The molecule has 2 heterocycles. The first-order chi connectivity index (χ1) is 14.3. The van der Waals surface area contributed by atoms with Crippen LogP contribution in [0.1, 0.15) is 16.1 Å². The number of amides is 1. The first kappa shape index (κ1) is 20.3. The van der Waals surface area contributed by atoms with Crippen LogP contribution in [0, 0.1) is 27.2 Å². The molecule has 1 aromatic carbocycles. The van der Waals surface area contributed by atoms with E-state index in [1.54, 1.807) is 23.0 Å². The SMILES string of the molecule is Cc1ccn(-c2ccc(NCCNC(=O)c3cc([N+](=O)[O-])cc([N+](=O)[O-])c3)nn2)n1. The highest BCUT2D eigenvalue weighted by Gasteiger charge is 2.19. The number of nitrogens with zero attached hydrogens (tertiary/aromatic N) is 6. The van der Waals surface area contributed by atoms with Gasteiger partial charge in [-0.2, -0.15) is 5.10 Å². The highest BCUT2D eigenvalue weighted by Crippen LogP contribution is 2.22. The predicted octanol–water partition coefficient (Wildman–Crippen LogP) is 1.63. The van der Waals surface area contributed by atoms with Gasteiger partial charge in [-0.05, 0) is 25.1 Å². The van der Waals surface area contributed by atoms with Gasteiger partial charge >= 0.3 is 0 Å². The van der Waals surface area contributed by atoms with Gasteiger partial charge in [0, 0.05) is 31.4 Å². The van der Waals surface area contributed by atoms with Gasteiger partial charge in [0.15, 0.2) is 5.82 Å². The summed E-state index contributed by atoms with van der Waals surface area (Å²) in [7, 11) is 0. The van der Waals surface area contributed by atoms with Crippen LogP contribution in [-0.2, 0) is 0 Å². The Morgan fingerprint density at radius 3 is 2.27 bits per heavy atom. The van der Waals surface area contributed by atoms with E-state index in [2.05, 4.69) is 25.9 Å². The summed E-state index contributed by atoms with van der Waals surface area (Å²) in [5.41, 5.74) is -0.385. The number of non-ortho nitro benzene ring substituents is 2. The number of aryl methyl sites for hydroxylation is 1. The lowest BCUT2D eigenvalue weighted by atomic mass is 10.1. The molecule has 3 aromatic rings. The van der Waals surface area contributed by atoms with Crippen molar-refractivity contribution in [3.8, 4) is 5.82 Å². The van der Waals surface area contributed by atoms with Gasteiger partial charge in [-0.1, -0.05) is 0 Å². The lowest BCUT2D eigenvalue weighted by Gasteiger charge is -2.08. The lowest BCUT2D eigenvalue weighted by molar-refractivity contribution is -0.394. The van der Waals surface area contributed by atoms with Crippen molar-refractivity contribution in [2.24, 2.45) is 0 Å². The second kappa shape index (κ2) is 8.72. The molecule has 0 atom stereocenters. The predicted molar refractivity (Wildman–Crippen MR) is 104 cm³/mol. The summed E-state index contributed by atoms with van der Waals surface area (Å²) in [5, 5.41) is 39.6. The second-order valence-corrected chi connectivity index (χ2v) is 6.11. The van der Waals surface area contributed by atoms with E-state index in [0.717, 1.165) is 23.9 Å². The van der Waals surface area contributed by atoms with E-state index in [0.29, 0.717) is 11.6 Å². The summed E-state index contributed by atoms with van der Waals surface area (Å²) < 4.78 is 1.59. The largest absolute Gasteiger partial charge is 0.367 e. The van der Waals surface area contributed by atoms with Gasteiger partial charge in [-0.15, -0.1) is 10.2 Å². The molecule has 0 saturated carbocycles. The highest BCUT2D eigenvalue weighted by molar-refractivity contribution is 5.95. The molecule has 0 unspecified atom stereocenters. The van der Waals surface area contributed by atoms with E-state index in [-0.39, 0.29) is 18.7 Å². The second-order valence-electron chi connectivity index (χ2n) is 6.11. The number of aromatic nitrogens is 4. The zero-order valence-corrected chi connectivity index (χ0v) is 15.7. The molecule has 1 amide bonds. The molecule has 154 valence electrons. The summed E-state index contributed by atoms with van der Waals surface area (Å²) in [4.78, 5) is 32.4. The van der Waals surface area contributed by atoms with Gasteiger partial charge in [-0.3, -0.25) is 25.0 Å². The molecule has 0 aliphatic heterocycles. The molecule has 0 radical (unpaired) electrons. The summed E-state index contributed by atoms with van der Waals surface area (Å²) in [6.45, 7) is 2.30. The highest BCUT2D eigenvalue weighted by atomic mass is 16.6. The molecule has 30 heavy (non-hydrogen) atoms. The third kappa shape index (κ3) is 4.89. The smallest absolute Gasteiger partial charge is 0.277 e. The molecule has 0 bridgehead atoms. The number of carbonyl (C=O) groups excluding carboxylic acids is 1. The Morgan fingerprint density at radius 2 is 1.73 bits per heavy atom. The van der Waals surface area contributed by atoms with E-state index in [1.807, 2.05) is 13.0 Å². The minimum atomic E-state index is -0.793. The maximum Gasteiger partial charge on any atom is 0.277 e. The molecule has 2 N–H and O–H groups in total. The summed E-state index contributed by atoms with van der Waals surface area (Å²) in [6, 6.07) is 8.03. The quantitative estimate of drug-likeness (QED) is 0.317. The Hall–Kier alpha value is -4.42. The molecule has 2 aromatic heterocycles. The minimum absolute atomic E-state index is 0.150. The number of benzene rings is 1. The number of rotatable bonds is 8. The van der Waals surface area contributed by atoms with Gasteiger partial charge in [0.1, 0.15) is 5.82 Å². The fourth-order valence-corrected chi connectivity index (χ4v) is 2.49. The van der Waals surface area contributed by atoms with Crippen LogP contribution in [0.2, 0.25) is 0 Å². The first-order valence-corrected chi connectivity index (χ1v) is 8.66. The van der Waals surface area contributed by atoms with Crippen LogP contribution in [-0.4, -0.2) is 48.8 Å². The fourth-order valence-electron chi connectivity index (χ4n) is 2.49. The van der Waals surface area contributed by atoms with E-state index in [4.69, 9.17) is 0 Å². The molecule has 0 spiro atoms. The number of hydrogen-bond donors (Lipinski definition) is 2. The van der Waals surface area contributed by atoms with Crippen molar-refractivity contribution in [2.75, 3.05) is 18.4 Å². The van der Waals surface area contributed by atoms with Gasteiger partial charge in [0.2, 0.25) is 0 Å². The van der Waals surface area contributed by atoms with Crippen molar-refractivity contribution in [2.45, 2.75) is 6.92 Å². The van der Waals surface area contributed by atoms with Crippen LogP contribution in [0.3, 0.4) is 0 Å². The normalized spacial score (nSPS) is 10.4. The van der Waals surface area contributed by atoms with Crippen LogP contribution in [0.4, 0.5) is 17.2 Å². The molecule has 0 saturated heterocycles. The topological polar surface area (TPSA) is 171 Å². The van der Waals surface area contributed by atoms with Gasteiger partial charge in [0.25, 0.3) is 17.3 Å². The van der Waals surface area contributed by atoms with E-state index >= 15 is 0 Å². The van der Waals surface area contributed by atoms with Crippen molar-refractivity contribution in [1.82, 2.24) is 25.3 Å². The zero-order chi connectivity index (χ0) is 21.7. The van der Waals surface area contributed by atoms with Crippen molar-refractivity contribution >= 4 is 23.1 Å². The van der Waals surface area contributed by atoms with Gasteiger partial charge in [0.05, 0.1) is 27.2 Å². The van der Waals surface area contributed by atoms with E-state index in [9.17, 15) is 25.0 Å². The maximum absolute atomic E-state index is 12.2. The third-order valence-electron chi connectivity index (χ3n) is 3.91. The monoisotopic (exact) mass is 412 g/mol. The Balaban J connectivity index is 1.55. The van der Waals surface area contributed by atoms with Crippen LogP contribution in [0.5, 0.6) is 0 Å². The summed E-state index contributed by atoms with van der Waals surface area (Å²) >= 11 is 0. The van der Waals surface area contributed by atoms with Crippen molar-refractivity contribution in [3.05, 3.63) is 74.1 Å². The fraction of sp³-hybridized carbons (Fsp3) is 0.176. The van der Waals surface area contributed by atoms with E-state index in [1.165, 1.54) is 0 Å². The Kier molecular flexibility index (Phi) is 5.91. The average molecular weight is 412 g/mol. The Labute approximate surface area is 169 Å². The van der Waals surface area contributed by atoms with Crippen molar-refractivity contribution < 1.29 is 14.6 Å². The number of nitrogens with one attached hydrogen (secondary N) is 2. The number of nitro groups is 2. The van der Waals surface area contributed by atoms with Crippen molar-refractivity contribution in [3.63, 3.8) is 0 Å². The van der Waals surface area contributed by atoms with Gasteiger partial charge < -0.3 is 10.6 Å². The number of carbonyl (C=O) groups is 1. The lowest BCUT2D eigenvalue weighted by Crippen LogP contribution is -2.29. The van der Waals surface area contributed by atoms with Crippen LogP contribution in [0.15, 0.2) is 42.6 Å². The third-order valence-corrected chi connectivity index (χ3v) is 3.91.